The Balaban J connectivity index is 1.81. The van der Waals surface area contributed by atoms with Crippen molar-refractivity contribution in [2.75, 3.05) is 0 Å². The van der Waals surface area contributed by atoms with E-state index in [-0.39, 0.29) is 23.1 Å². The van der Waals surface area contributed by atoms with Crippen LogP contribution in [0.25, 0.3) is 6.08 Å². The molecule has 2 aromatic carbocycles. The molecule has 1 fully saturated rings. The Morgan fingerprint density at radius 1 is 1.20 bits per heavy atom. The third kappa shape index (κ3) is 4.00. The maximum Gasteiger partial charge on any atom is 0.326 e. The Kier molecular flexibility index (Phi) is 5.06. The summed E-state index contributed by atoms with van der Waals surface area (Å²) in [7, 11) is 0. The van der Waals surface area contributed by atoms with Crippen LogP contribution in [0.5, 0.6) is 5.75 Å². The van der Waals surface area contributed by atoms with Gasteiger partial charge in [-0.1, -0.05) is 29.8 Å². The summed E-state index contributed by atoms with van der Waals surface area (Å²) in [5, 5.41) is 4.78. The molecule has 8 heteroatoms. The molecule has 2 N–H and O–H groups in total. The molecule has 1 heterocycles. The van der Waals surface area contributed by atoms with E-state index in [2.05, 4.69) is 26.6 Å². The van der Waals surface area contributed by atoms with E-state index in [1.54, 1.807) is 30.3 Å². The van der Waals surface area contributed by atoms with Gasteiger partial charge in [-0.25, -0.2) is 9.18 Å². The second-order valence-electron chi connectivity index (χ2n) is 5.16. The van der Waals surface area contributed by atoms with Crippen molar-refractivity contribution in [3.8, 4) is 5.75 Å². The van der Waals surface area contributed by atoms with E-state index < -0.39 is 11.9 Å². The molecule has 0 atom stereocenters. The number of ether oxygens (including phenoxy) is 1. The lowest BCUT2D eigenvalue weighted by molar-refractivity contribution is -0.115. The van der Waals surface area contributed by atoms with Gasteiger partial charge < -0.3 is 10.1 Å². The quantitative estimate of drug-likeness (QED) is 0.575. The average molecular weight is 426 g/mol. The van der Waals surface area contributed by atoms with E-state index in [0.29, 0.717) is 21.3 Å². The standard InChI is InChI=1S/C17H11BrClFN2O3/c18-11-5-9(7-14-16(23)22-17(24)21-14)6-12(19)15(11)25-8-10-3-1-2-4-13(10)20/h1-7H,8H2,(H2,21,22,23,24)/b14-7+. The zero-order valence-electron chi connectivity index (χ0n) is 12.6. The highest BCUT2D eigenvalue weighted by Crippen LogP contribution is 2.35. The number of hydrogen-bond acceptors (Lipinski definition) is 3. The summed E-state index contributed by atoms with van der Waals surface area (Å²) in [5.41, 5.74) is 1.11. The maximum atomic E-state index is 13.6. The molecular weight excluding hydrogens is 415 g/mol. The van der Waals surface area contributed by atoms with E-state index in [9.17, 15) is 14.0 Å². The molecule has 0 saturated carbocycles. The van der Waals surface area contributed by atoms with Crippen molar-refractivity contribution in [3.05, 3.63) is 68.5 Å². The number of carbonyl (C=O) groups excluding carboxylic acids is 2. The van der Waals surface area contributed by atoms with Gasteiger partial charge in [0.1, 0.15) is 18.1 Å². The largest absolute Gasteiger partial charge is 0.486 e. The summed E-state index contributed by atoms with van der Waals surface area (Å²) in [5.74, 6) is -0.525. The minimum absolute atomic E-state index is 0.0178. The van der Waals surface area contributed by atoms with Crippen LogP contribution in [0.15, 0.2) is 46.6 Å². The van der Waals surface area contributed by atoms with Crippen LogP contribution in [0.2, 0.25) is 5.02 Å². The zero-order chi connectivity index (χ0) is 18.0. The Morgan fingerprint density at radius 3 is 2.60 bits per heavy atom. The number of rotatable bonds is 4. The molecule has 0 unspecified atom stereocenters. The topological polar surface area (TPSA) is 67.4 Å². The first kappa shape index (κ1) is 17.4. The molecule has 3 rings (SSSR count). The first-order valence-corrected chi connectivity index (χ1v) is 8.30. The van der Waals surface area contributed by atoms with E-state index >= 15 is 0 Å². The van der Waals surface area contributed by atoms with Crippen molar-refractivity contribution < 1.29 is 18.7 Å². The number of urea groups is 1. The van der Waals surface area contributed by atoms with E-state index in [4.69, 9.17) is 16.3 Å². The van der Waals surface area contributed by atoms with Crippen LogP contribution in [0.4, 0.5) is 9.18 Å². The zero-order valence-corrected chi connectivity index (χ0v) is 14.9. The number of nitrogens with one attached hydrogen (secondary N) is 2. The lowest BCUT2D eigenvalue weighted by Gasteiger charge is -2.12. The fourth-order valence-corrected chi connectivity index (χ4v) is 3.20. The Labute approximate surface area is 155 Å². The number of carbonyl (C=O) groups is 2. The third-order valence-corrected chi connectivity index (χ3v) is 4.25. The molecule has 25 heavy (non-hydrogen) atoms. The summed E-state index contributed by atoms with van der Waals surface area (Å²) in [6.07, 6.45) is 1.48. The second-order valence-corrected chi connectivity index (χ2v) is 6.42. The number of hydrogen-bond donors (Lipinski definition) is 2. The number of imide groups is 1. The molecule has 5 nitrogen and oxygen atoms in total. The molecule has 3 amide bonds. The van der Waals surface area contributed by atoms with Gasteiger partial charge in [-0.15, -0.1) is 0 Å². The van der Waals surface area contributed by atoms with Crippen molar-refractivity contribution in [1.82, 2.24) is 10.6 Å². The van der Waals surface area contributed by atoms with Crippen LogP contribution in [-0.4, -0.2) is 11.9 Å². The number of amides is 3. The van der Waals surface area contributed by atoms with Gasteiger partial charge >= 0.3 is 6.03 Å². The summed E-state index contributed by atoms with van der Waals surface area (Å²) < 4.78 is 19.8. The molecule has 0 spiro atoms. The van der Waals surface area contributed by atoms with Crippen molar-refractivity contribution >= 4 is 45.5 Å². The molecular formula is C17H11BrClFN2O3. The van der Waals surface area contributed by atoms with Crippen LogP contribution >= 0.6 is 27.5 Å². The number of halogens is 3. The third-order valence-electron chi connectivity index (χ3n) is 3.38. The summed E-state index contributed by atoms with van der Waals surface area (Å²) >= 11 is 9.57. The predicted octanol–water partition coefficient (Wildman–Crippen LogP) is 4.00. The van der Waals surface area contributed by atoms with Gasteiger partial charge in [0.25, 0.3) is 5.91 Å². The Morgan fingerprint density at radius 2 is 1.96 bits per heavy atom. The smallest absolute Gasteiger partial charge is 0.326 e. The van der Waals surface area contributed by atoms with Crippen molar-refractivity contribution in [2.45, 2.75) is 6.61 Å². The molecule has 2 aromatic rings. The maximum absolute atomic E-state index is 13.6. The normalized spacial score (nSPS) is 15.2. The Bertz CT molecular complexity index is 878. The van der Waals surface area contributed by atoms with Gasteiger partial charge in [-0.05, 0) is 45.8 Å². The number of benzene rings is 2. The highest BCUT2D eigenvalue weighted by atomic mass is 79.9. The van der Waals surface area contributed by atoms with Gasteiger partial charge in [0, 0.05) is 5.56 Å². The monoisotopic (exact) mass is 424 g/mol. The molecule has 128 valence electrons. The molecule has 1 aliphatic rings. The van der Waals surface area contributed by atoms with Crippen molar-refractivity contribution in [3.63, 3.8) is 0 Å². The van der Waals surface area contributed by atoms with Crippen LogP contribution in [0, 0.1) is 5.82 Å². The molecule has 1 saturated heterocycles. The van der Waals surface area contributed by atoms with Gasteiger partial charge in [0.05, 0.1) is 9.50 Å². The average Bonchev–Trinajstić information content (AvgIpc) is 2.85. The van der Waals surface area contributed by atoms with Crippen LogP contribution in [0.3, 0.4) is 0 Å². The highest BCUT2D eigenvalue weighted by Gasteiger charge is 2.23. The van der Waals surface area contributed by atoms with E-state index in [0.717, 1.165) is 0 Å². The van der Waals surface area contributed by atoms with Crippen molar-refractivity contribution in [1.29, 1.82) is 0 Å². The fourth-order valence-electron chi connectivity index (χ4n) is 2.22. The van der Waals surface area contributed by atoms with E-state index in [1.807, 2.05) is 0 Å². The molecule has 0 aromatic heterocycles. The lowest BCUT2D eigenvalue weighted by Crippen LogP contribution is -2.22. The first-order valence-electron chi connectivity index (χ1n) is 7.13. The van der Waals surface area contributed by atoms with Crippen LogP contribution < -0.4 is 15.4 Å². The van der Waals surface area contributed by atoms with E-state index in [1.165, 1.54) is 12.1 Å². The molecule has 0 aliphatic carbocycles. The van der Waals surface area contributed by atoms with Gasteiger partial charge in [0.15, 0.2) is 5.75 Å². The van der Waals surface area contributed by atoms with Crippen LogP contribution in [-0.2, 0) is 11.4 Å². The van der Waals surface area contributed by atoms with Gasteiger partial charge in [0.2, 0.25) is 0 Å². The summed E-state index contributed by atoms with van der Waals surface area (Å²) in [6, 6.07) is 8.96. The lowest BCUT2D eigenvalue weighted by atomic mass is 10.2. The van der Waals surface area contributed by atoms with Gasteiger partial charge in [-0.2, -0.15) is 0 Å². The fraction of sp³-hybridized carbons (Fsp3) is 0.0588. The van der Waals surface area contributed by atoms with Crippen molar-refractivity contribution in [2.24, 2.45) is 0 Å². The minimum Gasteiger partial charge on any atom is -0.486 e. The highest BCUT2D eigenvalue weighted by molar-refractivity contribution is 9.10. The molecule has 0 radical (unpaired) electrons. The van der Waals surface area contributed by atoms with Crippen LogP contribution in [0.1, 0.15) is 11.1 Å². The Hall–Kier alpha value is -2.38. The molecule has 0 bridgehead atoms. The summed E-state index contributed by atoms with van der Waals surface area (Å²) in [4.78, 5) is 22.7. The summed E-state index contributed by atoms with van der Waals surface area (Å²) in [6.45, 7) is 0.0178. The second kappa shape index (κ2) is 7.25. The SMILES string of the molecule is O=C1NC(=O)/C(=C\c2cc(Cl)c(OCc3ccccc3F)c(Br)c2)N1. The van der Waals surface area contributed by atoms with Gasteiger partial charge in [-0.3, -0.25) is 10.1 Å². The predicted molar refractivity (Wildman–Crippen MR) is 94.5 cm³/mol. The molecule has 1 aliphatic heterocycles. The first-order chi connectivity index (χ1) is 11.9. The minimum atomic E-state index is -0.578.